The van der Waals surface area contributed by atoms with Crippen LogP contribution in [0.4, 0.5) is 10.2 Å². The molecule has 5 heteroatoms. The average Bonchev–Trinajstić information content (AvgIpc) is 2.39. The lowest BCUT2D eigenvalue weighted by atomic mass is 10.1. The van der Waals surface area contributed by atoms with E-state index in [9.17, 15) is 4.39 Å². The molecule has 1 unspecified atom stereocenters. The van der Waals surface area contributed by atoms with Crippen LogP contribution in [-0.2, 0) is 0 Å². The van der Waals surface area contributed by atoms with Gasteiger partial charge in [0.1, 0.15) is 18.0 Å². The SMILES string of the molecule is COc1cc(NC(C)c2ccccc2F)ncn1. The van der Waals surface area contributed by atoms with Crippen molar-refractivity contribution < 1.29 is 9.13 Å². The van der Waals surface area contributed by atoms with Gasteiger partial charge in [-0.2, -0.15) is 0 Å². The van der Waals surface area contributed by atoms with Gasteiger partial charge in [-0.25, -0.2) is 14.4 Å². The van der Waals surface area contributed by atoms with E-state index in [4.69, 9.17) is 4.74 Å². The highest BCUT2D eigenvalue weighted by atomic mass is 19.1. The van der Waals surface area contributed by atoms with E-state index < -0.39 is 0 Å². The van der Waals surface area contributed by atoms with Crippen LogP contribution < -0.4 is 10.1 Å². The molecule has 18 heavy (non-hydrogen) atoms. The fourth-order valence-corrected chi connectivity index (χ4v) is 1.66. The van der Waals surface area contributed by atoms with Crippen molar-refractivity contribution in [3.8, 4) is 5.88 Å². The lowest BCUT2D eigenvalue weighted by Crippen LogP contribution is -2.09. The lowest BCUT2D eigenvalue weighted by molar-refractivity contribution is 0.397. The summed E-state index contributed by atoms with van der Waals surface area (Å²) in [5.41, 5.74) is 0.593. The monoisotopic (exact) mass is 247 g/mol. The van der Waals surface area contributed by atoms with E-state index in [1.54, 1.807) is 24.3 Å². The molecule has 1 aromatic heterocycles. The van der Waals surface area contributed by atoms with Gasteiger partial charge >= 0.3 is 0 Å². The van der Waals surface area contributed by atoms with E-state index in [2.05, 4.69) is 15.3 Å². The fraction of sp³-hybridized carbons (Fsp3) is 0.231. The predicted octanol–water partition coefficient (Wildman–Crippen LogP) is 2.80. The molecule has 0 aliphatic carbocycles. The van der Waals surface area contributed by atoms with Crippen LogP contribution in [0.25, 0.3) is 0 Å². The molecule has 0 saturated heterocycles. The van der Waals surface area contributed by atoms with Gasteiger partial charge in [0.05, 0.1) is 13.2 Å². The minimum absolute atomic E-state index is 0.189. The Morgan fingerprint density at radius 2 is 2.06 bits per heavy atom. The number of benzene rings is 1. The zero-order valence-corrected chi connectivity index (χ0v) is 10.2. The number of nitrogens with zero attached hydrogens (tertiary/aromatic N) is 2. The Balaban J connectivity index is 2.16. The molecule has 0 bridgehead atoms. The van der Waals surface area contributed by atoms with Crippen LogP contribution in [0.5, 0.6) is 5.88 Å². The van der Waals surface area contributed by atoms with Gasteiger partial charge in [-0.05, 0) is 13.0 Å². The third kappa shape index (κ3) is 2.74. The summed E-state index contributed by atoms with van der Waals surface area (Å²) in [6.45, 7) is 1.87. The summed E-state index contributed by atoms with van der Waals surface area (Å²) < 4.78 is 18.6. The maximum Gasteiger partial charge on any atom is 0.218 e. The maximum atomic E-state index is 13.6. The molecule has 94 valence electrons. The summed E-state index contributed by atoms with van der Waals surface area (Å²) in [5.74, 6) is 0.823. The molecule has 0 aliphatic heterocycles. The number of aromatic nitrogens is 2. The molecule has 1 heterocycles. The molecule has 0 amide bonds. The molecule has 2 aromatic rings. The van der Waals surface area contributed by atoms with Crippen molar-refractivity contribution >= 4 is 5.82 Å². The minimum atomic E-state index is -0.237. The highest BCUT2D eigenvalue weighted by molar-refractivity contribution is 5.40. The number of hydrogen-bond acceptors (Lipinski definition) is 4. The number of nitrogens with one attached hydrogen (secondary N) is 1. The molecule has 1 atom stereocenters. The van der Waals surface area contributed by atoms with Crippen LogP contribution in [0.3, 0.4) is 0 Å². The zero-order chi connectivity index (χ0) is 13.0. The third-order valence-electron chi connectivity index (χ3n) is 2.59. The van der Waals surface area contributed by atoms with Crippen molar-refractivity contribution in [2.75, 3.05) is 12.4 Å². The van der Waals surface area contributed by atoms with E-state index in [0.29, 0.717) is 17.3 Å². The molecule has 0 saturated carbocycles. The van der Waals surface area contributed by atoms with Crippen molar-refractivity contribution in [1.82, 2.24) is 9.97 Å². The minimum Gasteiger partial charge on any atom is -0.481 e. The lowest BCUT2D eigenvalue weighted by Gasteiger charge is -2.15. The normalized spacial score (nSPS) is 11.9. The summed E-state index contributed by atoms with van der Waals surface area (Å²) in [6, 6.07) is 8.12. The number of halogens is 1. The van der Waals surface area contributed by atoms with Crippen molar-refractivity contribution in [3.05, 3.63) is 48.0 Å². The van der Waals surface area contributed by atoms with Crippen molar-refractivity contribution in [1.29, 1.82) is 0 Å². The van der Waals surface area contributed by atoms with Crippen LogP contribution in [0.1, 0.15) is 18.5 Å². The molecule has 1 aromatic carbocycles. The maximum absolute atomic E-state index is 13.6. The topological polar surface area (TPSA) is 47.0 Å². The first-order valence-electron chi connectivity index (χ1n) is 5.57. The average molecular weight is 247 g/mol. The number of rotatable bonds is 4. The second-order valence-electron chi connectivity index (χ2n) is 3.83. The second kappa shape index (κ2) is 5.44. The Labute approximate surface area is 105 Å². The molecule has 0 spiro atoms. The standard InChI is InChI=1S/C13H14FN3O/c1-9(10-5-3-4-6-11(10)14)17-12-7-13(18-2)16-8-15-12/h3-9H,1-2H3,(H,15,16,17). The molecule has 1 N–H and O–H groups in total. The number of methoxy groups -OCH3 is 1. The van der Waals surface area contributed by atoms with Gasteiger partial charge in [-0.1, -0.05) is 18.2 Å². The van der Waals surface area contributed by atoms with E-state index >= 15 is 0 Å². The van der Waals surface area contributed by atoms with Crippen molar-refractivity contribution in [3.63, 3.8) is 0 Å². The summed E-state index contributed by atoms with van der Waals surface area (Å²) in [7, 11) is 1.53. The van der Waals surface area contributed by atoms with E-state index in [1.807, 2.05) is 6.92 Å². The number of anilines is 1. The highest BCUT2D eigenvalue weighted by Crippen LogP contribution is 2.21. The van der Waals surface area contributed by atoms with Gasteiger partial charge < -0.3 is 10.1 Å². The first-order chi connectivity index (χ1) is 8.70. The van der Waals surface area contributed by atoms with Gasteiger partial charge in [0.15, 0.2) is 0 Å². The van der Waals surface area contributed by atoms with Crippen molar-refractivity contribution in [2.45, 2.75) is 13.0 Å². The summed E-state index contributed by atoms with van der Waals surface area (Å²) in [6.07, 6.45) is 1.40. The van der Waals surface area contributed by atoms with Crippen LogP contribution in [0.2, 0.25) is 0 Å². The van der Waals surface area contributed by atoms with Crippen LogP contribution >= 0.6 is 0 Å². The first kappa shape index (κ1) is 12.3. The van der Waals surface area contributed by atoms with E-state index in [0.717, 1.165) is 0 Å². The van der Waals surface area contributed by atoms with Crippen molar-refractivity contribution in [2.24, 2.45) is 0 Å². The number of ether oxygens (including phenoxy) is 1. The summed E-state index contributed by atoms with van der Waals surface area (Å²) in [5, 5.41) is 3.10. The highest BCUT2D eigenvalue weighted by Gasteiger charge is 2.10. The Morgan fingerprint density at radius 1 is 1.28 bits per heavy atom. The van der Waals surface area contributed by atoms with E-state index in [1.165, 1.54) is 19.5 Å². The molecule has 0 radical (unpaired) electrons. The second-order valence-corrected chi connectivity index (χ2v) is 3.83. The van der Waals surface area contributed by atoms with Crippen LogP contribution in [0, 0.1) is 5.82 Å². The summed E-state index contributed by atoms with van der Waals surface area (Å²) >= 11 is 0. The van der Waals surface area contributed by atoms with E-state index in [-0.39, 0.29) is 11.9 Å². The largest absolute Gasteiger partial charge is 0.481 e. The third-order valence-corrected chi connectivity index (χ3v) is 2.59. The van der Waals surface area contributed by atoms with Gasteiger partial charge in [0.25, 0.3) is 0 Å². The molecule has 4 nitrogen and oxygen atoms in total. The Hall–Kier alpha value is -2.17. The number of hydrogen-bond donors (Lipinski definition) is 1. The molecule has 0 fully saturated rings. The molecular formula is C13H14FN3O. The molecular weight excluding hydrogens is 233 g/mol. The van der Waals surface area contributed by atoms with Gasteiger partial charge in [0.2, 0.25) is 5.88 Å². The first-order valence-corrected chi connectivity index (χ1v) is 5.57. The van der Waals surface area contributed by atoms with Gasteiger partial charge in [-0.3, -0.25) is 0 Å². The van der Waals surface area contributed by atoms with Crippen LogP contribution in [0.15, 0.2) is 36.7 Å². The quantitative estimate of drug-likeness (QED) is 0.902. The Morgan fingerprint density at radius 3 is 2.78 bits per heavy atom. The Kier molecular flexibility index (Phi) is 3.72. The molecule has 2 rings (SSSR count). The van der Waals surface area contributed by atoms with Gasteiger partial charge in [0, 0.05) is 11.6 Å². The zero-order valence-electron chi connectivity index (χ0n) is 10.2. The van der Waals surface area contributed by atoms with Crippen LogP contribution in [-0.4, -0.2) is 17.1 Å². The fourth-order valence-electron chi connectivity index (χ4n) is 1.66. The Bertz CT molecular complexity index is 533. The summed E-state index contributed by atoms with van der Waals surface area (Å²) in [4.78, 5) is 7.97. The predicted molar refractivity (Wildman–Crippen MR) is 67.0 cm³/mol. The smallest absolute Gasteiger partial charge is 0.218 e. The molecule has 0 aliphatic rings. The van der Waals surface area contributed by atoms with Gasteiger partial charge in [-0.15, -0.1) is 0 Å².